The molecule has 15 heavy (non-hydrogen) atoms. The molecule has 1 aliphatic heterocycles. The first-order valence-corrected chi connectivity index (χ1v) is 3.76. The van der Waals surface area contributed by atoms with Crippen molar-refractivity contribution in [3.05, 3.63) is 0 Å². The van der Waals surface area contributed by atoms with Gasteiger partial charge in [0.25, 0.3) is 0 Å². The van der Waals surface area contributed by atoms with Crippen LogP contribution in [0.1, 0.15) is 0 Å². The Morgan fingerprint density at radius 3 is 1.13 bits per heavy atom. The van der Waals surface area contributed by atoms with Crippen molar-refractivity contribution >= 4 is 27.5 Å². The minimum atomic E-state index is -2.33. The van der Waals surface area contributed by atoms with Crippen molar-refractivity contribution < 1.29 is 131 Å². The Bertz CT molecular complexity index is 145. The summed E-state index contributed by atoms with van der Waals surface area (Å²) in [5, 5.41) is 16.7. The molecule has 0 unspecified atom stereocenters. The number of hydrogen-bond donors (Lipinski definition) is 0. The summed E-state index contributed by atoms with van der Waals surface area (Å²) in [5.41, 5.74) is 0. The minimum absolute atomic E-state index is 0. The van der Waals surface area contributed by atoms with E-state index in [-0.39, 0.29) is 124 Å². The average molecular weight is 264 g/mol. The van der Waals surface area contributed by atoms with Gasteiger partial charge in [0.15, 0.2) is 0 Å². The van der Waals surface area contributed by atoms with Gasteiger partial charge in [-0.1, -0.05) is 0 Å². The van der Waals surface area contributed by atoms with E-state index < -0.39 is 6.16 Å². The maximum atomic E-state index is 8.33. The van der Waals surface area contributed by atoms with Crippen molar-refractivity contribution in [3.8, 4) is 0 Å². The van der Waals surface area contributed by atoms with Crippen LogP contribution >= 0.6 is 0 Å². The van der Waals surface area contributed by atoms with Crippen LogP contribution in [-0.4, -0.2) is 27.5 Å². The van der Waals surface area contributed by atoms with E-state index >= 15 is 0 Å². The molecule has 0 aromatic rings. The monoisotopic (exact) mass is 264 g/mol. The number of carbonyl (C=O) groups is 1. The largest absolute Gasteiger partial charge is 1.00 e. The van der Waals surface area contributed by atoms with E-state index in [0.29, 0.717) is 0 Å². The van der Waals surface area contributed by atoms with Crippen LogP contribution in [0.5, 0.6) is 0 Å². The summed E-state index contributed by atoms with van der Waals surface area (Å²) < 4.78 is 15.3. The molecule has 1 fully saturated rings. The first-order valence-electron chi connectivity index (χ1n) is 3.76. The van der Waals surface area contributed by atoms with E-state index in [9.17, 15) is 0 Å². The first-order chi connectivity index (χ1) is 5.91. The molecule has 1 aliphatic rings. The number of carbonyl (C=O) groups excluding carboxylic acids is 1. The quantitative estimate of drug-likeness (QED) is 0.403. The van der Waals surface area contributed by atoms with Gasteiger partial charge < -0.3 is 28.7 Å². The molecule has 0 atom stereocenters. The Labute approximate surface area is 175 Å². The topological polar surface area (TPSA) is 90.9 Å². The molecule has 1 rings (SSSR count). The number of carboxylic acid groups (broad SMARTS) is 2. The third-order valence-electron chi connectivity index (χ3n) is 1.15. The van der Waals surface area contributed by atoms with Gasteiger partial charge in [0, 0.05) is 0 Å². The summed E-state index contributed by atoms with van der Waals surface area (Å²) in [6.07, 6.45) is -2.33. The second-order valence-corrected chi connectivity index (χ2v) is 2.36. The van der Waals surface area contributed by atoms with Gasteiger partial charge in [-0.15, -0.1) is 0 Å². The molecule has 1 saturated heterocycles. The fraction of sp³-hybridized carbons (Fsp3) is 0.750. The number of hydrogen-bond acceptors (Lipinski definition) is 6. The van der Waals surface area contributed by atoms with E-state index in [1.54, 1.807) is 0 Å². The van der Waals surface area contributed by atoms with Crippen molar-refractivity contribution in [1.82, 2.24) is 0 Å². The predicted molar refractivity (Wildman–Crippen MR) is 43.5 cm³/mol. The second kappa shape index (κ2) is 13.1. The Morgan fingerprint density at radius 2 is 1.00 bits per heavy atom. The van der Waals surface area contributed by atoms with E-state index in [1.165, 1.54) is 0 Å². The summed E-state index contributed by atoms with van der Waals surface area (Å²) in [4.78, 5) is 8.33. The summed E-state index contributed by atoms with van der Waals surface area (Å²) in [7, 11) is -0.406. The summed E-state index contributed by atoms with van der Waals surface area (Å²) >= 11 is 0. The SMILES string of the molecule is CB1OB(C)OB(C)O1.O=C([O-])[O-].[K+].[K+]. The van der Waals surface area contributed by atoms with Gasteiger partial charge in [-0.3, -0.25) is 0 Å². The molecule has 0 bridgehead atoms. The van der Waals surface area contributed by atoms with Crippen molar-refractivity contribution in [3.63, 3.8) is 0 Å². The fourth-order valence-corrected chi connectivity index (χ4v) is 0.906. The van der Waals surface area contributed by atoms with Crippen LogP contribution in [-0.2, 0) is 13.7 Å². The third kappa shape index (κ3) is 16.6. The molecule has 6 nitrogen and oxygen atoms in total. The molecule has 0 aliphatic carbocycles. The number of rotatable bonds is 0. The summed E-state index contributed by atoms with van der Waals surface area (Å²) in [5.74, 6) is 0. The molecule has 0 saturated carbocycles. The molecule has 11 heteroatoms. The van der Waals surface area contributed by atoms with E-state index in [2.05, 4.69) is 0 Å². The Balaban J connectivity index is -0.000000213. The van der Waals surface area contributed by atoms with Crippen molar-refractivity contribution in [2.75, 3.05) is 0 Å². The van der Waals surface area contributed by atoms with Gasteiger partial charge in [0.05, 0.1) is 0 Å². The van der Waals surface area contributed by atoms with Crippen molar-refractivity contribution in [2.45, 2.75) is 20.5 Å². The fourth-order valence-electron chi connectivity index (χ4n) is 0.906. The van der Waals surface area contributed by atoms with E-state index in [0.717, 1.165) is 0 Å². The van der Waals surface area contributed by atoms with Gasteiger partial charge in [-0.05, 0) is 26.6 Å². The molecule has 0 radical (unpaired) electrons. The minimum Gasteiger partial charge on any atom is -0.652 e. The van der Waals surface area contributed by atoms with Crippen LogP contribution in [0.2, 0.25) is 20.5 Å². The zero-order valence-corrected chi connectivity index (χ0v) is 15.9. The van der Waals surface area contributed by atoms with Gasteiger partial charge in [-0.2, -0.15) is 0 Å². The second-order valence-electron chi connectivity index (χ2n) is 2.36. The van der Waals surface area contributed by atoms with Crippen LogP contribution in [0.25, 0.3) is 0 Å². The van der Waals surface area contributed by atoms with Crippen LogP contribution in [0.15, 0.2) is 0 Å². The van der Waals surface area contributed by atoms with Crippen LogP contribution in [0.4, 0.5) is 4.79 Å². The molecular weight excluding hydrogens is 255 g/mol. The van der Waals surface area contributed by atoms with Crippen molar-refractivity contribution in [2.24, 2.45) is 0 Å². The van der Waals surface area contributed by atoms with Crippen LogP contribution in [0.3, 0.4) is 0 Å². The molecule has 0 aromatic heterocycles. The van der Waals surface area contributed by atoms with E-state index in [1.807, 2.05) is 20.5 Å². The summed E-state index contributed by atoms with van der Waals surface area (Å²) in [6, 6.07) is 0. The molecule has 0 amide bonds. The summed E-state index contributed by atoms with van der Waals surface area (Å²) in [6.45, 7) is 5.57. The smallest absolute Gasteiger partial charge is 0.652 e. The zero-order valence-electron chi connectivity index (χ0n) is 9.68. The normalized spacial score (nSPS) is 14.2. The van der Waals surface area contributed by atoms with Crippen LogP contribution in [0, 0.1) is 0 Å². The first kappa shape index (κ1) is 22.8. The molecular formula is C4H9B3K2O6. The Hall–Kier alpha value is 2.62. The standard InChI is InChI=1S/C3H9B3O3.CH2O3.2K/c1-4-7-5(2)9-6(3)8-4;2-1(3)4;;/h1-3H3;(H2,2,3,4);;/q;;2*+1/p-2. The average Bonchev–Trinajstić information content (AvgIpc) is 1.80. The Kier molecular flexibility index (Phi) is 19.8. The Morgan fingerprint density at radius 1 is 0.867 bits per heavy atom. The molecule has 1 heterocycles. The maximum absolute atomic E-state index is 8.33. The molecule has 0 aromatic carbocycles. The maximum Gasteiger partial charge on any atom is 1.00 e. The van der Waals surface area contributed by atoms with E-state index in [4.69, 9.17) is 28.7 Å². The zero-order chi connectivity index (χ0) is 10.4. The molecule has 72 valence electrons. The van der Waals surface area contributed by atoms with Gasteiger partial charge in [-0.25, -0.2) is 0 Å². The van der Waals surface area contributed by atoms with Crippen LogP contribution < -0.4 is 113 Å². The van der Waals surface area contributed by atoms with Crippen molar-refractivity contribution in [1.29, 1.82) is 0 Å². The predicted octanol–water partition coefficient (Wildman–Crippen LogP) is -8.04. The van der Waals surface area contributed by atoms with Gasteiger partial charge in [0.1, 0.15) is 0 Å². The van der Waals surface area contributed by atoms with Gasteiger partial charge >= 0.3 is 124 Å². The molecule has 0 N–H and O–H groups in total. The van der Waals surface area contributed by atoms with Gasteiger partial charge in [0.2, 0.25) is 0 Å². The molecule has 0 spiro atoms. The third-order valence-corrected chi connectivity index (χ3v) is 1.15.